The van der Waals surface area contributed by atoms with Crippen LogP contribution in [0.4, 0.5) is 16.2 Å². The van der Waals surface area contributed by atoms with E-state index in [1.807, 2.05) is 57.7 Å². The van der Waals surface area contributed by atoms with E-state index in [1.165, 1.54) is 0 Å². The van der Waals surface area contributed by atoms with Crippen LogP contribution in [-0.2, 0) is 4.74 Å². The first kappa shape index (κ1) is 19.6. The molecule has 6 heteroatoms. The van der Waals surface area contributed by atoms with Crippen LogP contribution in [0.2, 0.25) is 0 Å². The summed E-state index contributed by atoms with van der Waals surface area (Å²) < 4.78 is 11.5. The van der Waals surface area contributed by atoms with Crippen molar-refractivity contribution < 1.29 is 14.3 Å². The highest BCUT2D eigenvalue weighted by Crippen LogP contribution is 2.41. The summed E-state index contributed by atoms with van der Waals surface area (Å²) in [6.45, 7) is 12.2. The van der Waals surface area contributed by atoms with Crippen molar-refractivity contribution in [1.29, 1.82) is 0 Å². The summed E-state index contributed by atoms with van der Waals surface area (Å²) >= 11 is 0. The van der Waals surface area contributed by atoms with Crippen molar-refractivity contribution >= 4 is 17.5 Å². The molecule has 150 valence electrons. The fraction of sp³-hybridized carbons (Fsp3) is 0.667. The van der Waals surface area contributed by atoms with Gasteiger partial charge < -0.3 is 25.0 Å². The molecule has 0 aliphatic carbocycles. The minimum absolute atomic E-state index is 0.0740. The van der Waals surface area contributed by atoms with E-state index >= 15 is 0 Å². The lowest BCUT2D eigenvalue weighted by molar-refractivity contribution is 0.0111. The largest absolute Gasteiger partial charge is 0.489 e. The molecule has 2 saturated heterocycles. The predicted octanol–water partition coefficient (Wildman–Crippen LogP) is 4.04. The van der Waals surface area contributed by atoms with Crippen molar-refractivity contribution in [3.05, 3.63) is 18.2 Å². The van der Waals surface area contributed by atoms with Crippen LogP contribution in [0, 0.1) is 0 Å². The lowest BCUT2D eigenvalue weighted by atomic mass is 9.95. The standard InChI is InChI=1S/C21H33N3O3/c1-15(2)26-18-13-16(7-8-17(18)22)23-12-10-21(14-23)9-6-11-24(21)19(25)27-20(3,4)5/h7-8,13,15H,6,9-12,14,22H2,1-5H3/t21-/m1/s1. The van der Waals surface area contributed by atoms with Crippen LogP contribution in [0.15, 0.2) is 18.2 Å². The van der Waals surface area contributed by atoms with Crippen LogP contribution in [0.3, 0.4) is 0 Å². The monoisotopic (exact) mass is 375 g/mol. The van der Waals surface area contributed by atoms with Crippen molar-refractivity contribution in [2.24, 2.45) is 0 Å². The first-order chi connectivity index (χ1) is 12.6. The molecule has 27 heavy (non-hydrogen) atoms. The number of amides is 1. The molecule has 2 N–H and O–H groups in total. The first-order valence-corrected chi connectivity index (χ1v) is 9.91. The van der Waals surface area contributed by atoms with E-state index in [-0.39, 0.29) is 17.7 Å². The molecule has 0 unspecified atom stereocenters. The number of nitrogens with two attached hydrogens (primary N) is 1. The fourth-order valence-electron chi connectivity index (χ4n) is 4.12. The van der Waals surface area contributed by atoms with E-state index in [4.69, 9.17) is 15.2 Å². The molecule has 2 fully saturated rings. The van der Waals surface area contributed by atoms with Gasteiger partial charge in [-0.2, -0.15) is 0 Å². The highest BCUT2D eigenvalue weighted by atomic mass is 16.6. The highest BCUT2D eigenvalue weighted by Gasteiger charge is 2.49. The third-order valence-corrected chi connectivity index (χ3v) is 5.27. The van der Waals surface area contributed by atoms with Crippen LogP contribution >= 0.6 is 0 Å². The number of carbonyl (C=O) groups excluding carboxylic acids is 1. The Morgan fingerprint density at radius 1 is 1.22 bits per heavy atom. The Labute approximate surface area is 162 Å². The number of benzene rings is 1. The van der Waals surface area contributed by atoms with Gasteiger partial charge in [0.1, 0.15) is 11.4 Å². The van der Waals surface area contributed by atoms with Crippen molar-refractivity contribution in [3.8, 4) is 5.75 Å². The number of anilines is 2. The Morgan fingerprint density at radius 2 is 1.96 bits per heavy atom. The topological polar surface area (TPSA) is 68.0 Å². The van der Waals surface area contributed by atoms with E-state index in [0.29, 0.717) is 5.69 Å². The maximum atomic E-state index is 12.7. The van der Waals surface area contributed by atoms with Crippen LogP contribution < -0.4 is 15.4 Å². The first-order valence-electron chi connectivity index (χ1n) is 9.91. The average Bonchev–Trinajstić information content (AvgIpc) is 3.15. The zero-order valence-corrected chi connectivity index (χ0v) is 17.2. The molecule has 1 atom stereocenters. The lowest BCUT2D eigenvalue weighted by Crippen LogP contribution is -2.50. The number of ether oxygens (including phenoxy) is 2. The van der Waals surface area contributed by atoms with Gasteiger partial charge in [0, 0.05) is 31.4 Å². The van der Waals surface area contributed by atoms with Crippen LogP contribution in [-0.4, -0.2) is 47.9 Å². The van der Waals surface area contributed by atoms with E-state index in [9.17, 15) is 4.79 Å². The normalized spacial score (nSPS) is 22.7. The smallest absolute Gasteiger partial charge is 0.410 e. The van der Waals surface area contributed by atoms with E-state index < -0.39 is 5.60 Å². The minimum Gasteiger partial charge on any atom is -0.489 e. The van der Waals surface area contributed by atoms with Gasteiger partial charge >= 0.3 is 6.09 Å². The minimum atomic E-state index is -0.473. The van der Waals surface area contributed by atoms with E-state index in [1.54, 1.807) is 0 Å². The molecular weight excluding hydrogens is 342 g/mol. The Kier molecular flexibility index (Phi) is 5.19. The molecule has 0 bridgehead atoms. The highest BCUT2D eigenvalue weighted by molar-refractivity contribution is 5.70. The number of hydrogen-bond acceptors (Lipinski definition) is 5. The second-order valence-electron chi connectivity index (χ2n) is 9.02. The van der Waals surface area contributed by atoms with Crippen LogP contribution in [0.5, 0.6) is 5.75 Å². The lowest BCUT2D eigenvalue weighted by Gasteiger charge is -2.36. The van der Waals surface area contributed by atoms with E-state index in [2.05, 4.69) is 4.90 Å². The molecular formula is C21H33N3O3. The van der Waals surface area contributed by atoms with Crippen molar-refractivity contribution in [2.75, 3.05) is 30.3 Å². The van der Waals surface area contributed by atoms with Crippen molar-refractivity contribution in [1.82, 2.24) is 4.90 Å². The number of nitrogen functional groups attached to an aromatic ring is 1. The van der Waals surface area contributed by atoms with Gasteiger partial charge in [-0.05, 0) is 66.0 Å². The summed E-state index contributed by atoms with van der Waals surface area (Å²) in [6, 6.07) is 5.95. The summed E-state index contributed by atoms with van der Waals surface area (Å²) in [5.41, 5.74) is 7.19. The number of likely N-dealkylation sites (tertiary alicyclic amines) is 1. The SMILES string of the molecule is CC(C)Oc1cc(N2CC[C@]3(CCCN3C(=O)OC(C)(C)C)C2)ccc1N. The van der Waals surface area contributed by atoms with Gasteiger partial charge in [0.25, 0.3) is 0 Å². The second kappa shape index (κ2) is 7.13. The molecule has 3 rings (SSSR count). The van der Waals surface area contributed by atoms with Gasteiger partial charge in [-0.1, -0.05) is 0 Å². The summed E-state index contributed by atoms with van der Waals surface area (Å²) in [6.07, 6.45) is 2.88. The van der Waals surface area contributed by atoms with Gasteiger partial charge in [-0.25, -0.2) is 4.79 Å². The maximum Gasteiger partial charge on any atom is 0.410 e. The third kappa shape index (κ3) is 4.25. The molecule has 1 aromatic carbocycles. The molecule has 0 saturated carbocycles. The van der Waals surface area contributed by atoms with Gasteiger partial charge in [-0.3, -0.25) is 0 Å². The second-order valence-corrected chi connectivity index (χ2v) is 9.02. The van der Waals surface area contributed by atoms with Crippen LogP contribution in [0.1, 0.15) is 53.9 Å². The van der Waals surface area contributed by atoms with Gasteiger partial charge in [0.05, 0.1) is 17.3 Å². The summed E-state index contributed by atoms with van der Waals surface area (Å²) in [5, 5.41) is 0. The zero-order valence-electron chi connectivity index (χ0n) is 17.2. The quantitative estimate of drug-likeness (QED) is 0.808. The maximum absolute atomic E-state index is 12.7. The molecule has 1 spiro atoms. The predicted molar refractivity (Wildman–Crippen MR) is 108 cm³/mol. The van der Waals surface area contributed by atoms with E-state index in [0.717, 1.165) is 50.3 Å². The zero-order chi connectivity index (χ0) is 19.8. The van der Waals surface area contributed by atoms with Crippen LogP contribution in [0.25, 0.3) is 0 Å². The molecule has 1 aromatic rings. The Hall–Kier alpha value is -2.11. The van der Waals surface area contributed by atoms with Crippen molar-refractivity contribution in [2.45, 2.75) is 71.1 Å². The Bertz CT molecular complexity index is 698. The number of rotatable bonds is 3. The van der Waals surface area contributed by atoms with Gasteiger partial charge in [-0.15, -0.1) is 0 Å². The molecule has 6 nitrogen and oxygen atoms in total. The summed E-state index contributed by atoms with van der Waals surface area (Å²) in [7, 11) is 0. The summed E-state index contributed by atoms with van der Waals surface area (Å²) in [4.78, 5) is 17.0. The van der Waals surface area contributed by atoms with Crippen molar-refractivity contribution in [3.63, 3.8) is 0 Å². The molecule has 1 amide bonds. The average molecular weight is 376 g/mol. The van der Waals surface area contributed by atoms with Gasteiger partial charge in [0.15, 0.2) is 0 Å². The fourth-order valence-corrected chi connectivity index (χ4v) is 4.12. The van der Waals surface area contributed by atoms with Gasteiger partial charge in [0.2, 0.25) is 0 Å². The number of nitrogens with zero attached hydrogens (tertiary/aromatic N) is 2. The molecule has 2 heterocycles. The number of hydrogen-bond donors (Lipinski definition) is 1. The molecule has 2 aliphatic heterocycles. The Balaban J connectivity index is 1.76. The third-order valence-electron chi connectivity index (χ3n) is 5.27. The Morgan fingerprint density at radius 3 is 2.63 bits per heavy atom. The molecule has 2 aliphatic rings. The molecule has 0 radical (unpaired) electrons. The molecule has 0 aromatic heterocycles. The summed E-state index contributed by atoms with van der Waals surface area (Å²) in [5.74, 6) is 0.721. The number of carbonyl (C=O) groups is 1.